The predicted molar refractivity (Wildman–Crippen MR) is 72.0 cm³/mol. The first-order valence-corrected chi connectivity index (χ1v) is 7.44. The third kappa shape index (κ3) is 2.68. The highest BCUT2D eigenvalue weighted by Gasteiger charge is 2.43. The molecule has 2 fully saturated rings. The van der Waals surface area contributed by atoms with Gasteiger partial charge in [-0.2, -0.15) is 0 Å². The van der Waals surface area contributed by atoms with Gasteiger partial charge in [0, 0.05) is 6.04 Å². The lowest BCUT2D eigenvalue weighted by Crippen LogP contribution is -2.50. The smallest absolute Gasteiger partial charge is 0.0800 e. The maximum absolute atomic E-state index is 10.8. The average molecular weight is 239 g/mol. The van der Waals surface area contributed by atoms with Crippen LogP contribution in [0.25, 0.3) is 0 Å². The molecule has 1 unspecified atom stereocenters. The van der Waals surface area contributed by atoms with E-state index in [1.807, 2.05) is 0 Å². The van der Waals surface area contributed by atoms with Gasteiger partial charge in [-0.05, 0) is 56.4 Å². The van der Waals surface area contributed by atoms with Gasteiger partial charge in [0.2, 0.25) is 0 Å². The van der Waals surface area contributed by atoms with Crippen LogP contribution >= 0.6 is 0 Å². The van der Waals surface area contributed by atoms with Crippen LogP contribution in [0.5, 0.6) is 0 Å². The van der Waals surface area contributed by atoms with Crippen LogP contribution in [0, 0.1) is 11.3 Å². The number of aliphatic hydroxyl groups is 1. The summed E-state index contributed by atoms with van der Waals surface area (Å²) in [5.74, 6) is 0.800. The maximum Gasteiger partial charge on any atom is 0.0800 e. The molecule has 2 heteroatoms. The summed E-state index contributed by atoms with van der Waals surface area (Å²) in [5.41, 5.74) is 0.0429. The van der Waals surface area contributed by atoms with Crippen LogP contribution in [0.4, 0.5) is 0 Å². The molecule has 0 amide bonds. The molecule has 0 bridgehead atoms. The van der Waals surface area contributed by atoms with Gasteiger partial charge >= 0.3 is 0 Å². The molecule has 1 atom stereocenters. The quantitative estimate of drug-likeness (QED) is 0.793. The van der Waals surface area contributed by atoms with Crippen LogP contribution in [0.1, 0.15) is 65.7 Å². The predicted octanol–water partition coefficient (Wildman–Crippen LogP) is 3.10. The third-order valence-corrected chi connectivity index (χ3v) is 5.58. The lowest BCUT2D eigenvalue weighted by Gasteiger charge is -2.45. The maximum atomic E-state index is 10.8. The van der Waals surface area contributed by atoms with Crippen molar-refractivity contribution >= 4 is 0 Å². The van der Waals surface area contributed by atoms with Crippen LogP contribution in [-0.2, 0) is 0 Å². The van der Waals surface area contributed by atoms with Crippen molar-refractivity contribution < 1.29 is 5.11 Å². The zero-order valence-electron chi connectivity index (χ0n) is 11.8. The lowest BCUT2D eigenvalue weighted by molar-refractivity contribution is -0.0512. The highest BCUT2D eigenvalue weighted by Crippen LogP contribution is 2.45. The zero-order chi connectivity index (χ0) is 12.5. The van der Waals surface area contributed by atoms with E-state index in [-0.39, 0.29) is 0 Å². The minimum atomic E-state index is -0.406. The summed E-state index contributed by atoms with van der Waals surface area (Å²) in [5, 5.41) is 14.2. The van der Waals surface area contributed by atoms with E-state index >= 15 is 0 Å². The molecular formula is C15H29NO. The van der Waals surface area contributed by atoms with Crippen molar-refractivity contribution in [1.82, 2.24) is 5.32 Å². The van der Waals surface area contributed by atoms with Crippen LogP contribution < -0.4 is 5.32 Å². The Balaban J connectivity index is 1.93. The fourth-order valence-corrected chi connectivity index (χ4v) is 3.68. The van der Waals surface area contributed by atoms with Crippen LogP contribution in [0.2, 0.25) is 0 Å². The minimum absolute atomic E-state index is 0.369. The van der Waals surface area contributed by atoms with Crippen molar-refractivity contribution in [2.75, 3.05) is 6.54 Å². The van der Waals surface area contributed by atoms with E-state index in [0.717, 1.165) is 25.3 Å². The Kier molecular flexibility index (Phi) is 3.84. The molecule has 0 radical (unpaired) electrons. The first-order valence-electron chi connectivity index (χ1n) is 7.44. The molecule has 2 N–H and O–H groups in total. The fraction of sp³-hybridized carbons (Fsp3) is 1.00. The van der Waals surface area contributed by atoms with Gasteiger partial charge in [0.15, 0.2) is 0 Å². The van der Waals surface area contributed by atoms with Crippen LogP contribution in [-0.4, -0.2) is 23.3 Å². The summed E-state index contributed by atoms with van der Waals surface area (Å²) in [6.45, 7) is 8.15. The van der Waals surface area contributed by atoms with Gasteiger partial charge in [-0.15, -0.1) is 0 Å². The van der Waals surface area contributed by atoms with Gasteiger partial charge in [-0.3, -0.25) is 0 Å². The monoisotopic (exact) mass is 239 g/mol. The third-order valence-electron chi connectivity index (χ3n) is 5.58. The second-order valence-corrected chi connectivity index (χ2v) is 6.87. The van der Waals surface area contributed by atoms with Crippen molar-refractivity contribution in [3.63, 3.8) is 0 Å². The van der Waals surface area contributed by atoms with E-state index in [4.69, 9.17) is 0 Å². The Morgan fingerprint density at radius 3 is 2.35 bits per heavy atom. The first-order chi connectivity index (χ1) is 7.98. The Bertz CT molecular complexity index is 248. The average Bonchev–Trinajstić information content (AvgIpc) is 2.84. The van der Waals surface area contributed by atoms with Crippen molar-refractivity contribution in [2.24, 2.45) is 11.3 Å². The lowest BCUT2D eigenvalue weighted by atomic mass is 9.65. The van der Waals surface area contributed by atoms with E-state index in [1.165, 1.54) is 32.1 Å². The zero-order valence-corrected chi connectivity index (χ0v) is 11.8. The molecule has 0 aromatic carbocycles. The summed E-state index contributed by atoms with van der Waals surface area (Å²) >= 11 is 0. The standard InChI is InChI=1S/C15H29NO/c1-4-14(2,3)12-7-9-15(17,10-8-12)13-6-5-11-16-13/h12-13,16-17H,4-11H2,1-3H3. The van der Waals surface area contributed by atoms with Crippen molar-refractivity contribution in [1.29, 1.82) is 0 Å². The van der Waals surface area contributed by atoms with Gasteiger partial charge in [0.05, 0.1) is 5.60 Å². The highest BCUT2D eigenvalue weighted by atomic mass is 16.3. The molecule has 2 rings (SSSR count). The molecule has 100 valence electrons. The molecule has 17 heavy (non-hydrogen) atoms. The molecule has 2 nitrogen and oxygen atoms in total. The van der Waals surface area contributed by atoms with Crippen LogP contribution in [0.15, 0.2) is 0 Å². The SMILES string of the molecule is CCC(C)(C)C1CCC(O)(C2CCCN2)CC1. The van der Waals surface area contributed by atoms with E-state index < -0.39 is 5.60 Å². The Morgan fingerprint density at radius 1 is 1.24 bits per heavy atom. The number of nitrogens with one attached hydrogen (secondary N) is 1. The molecule has 0 spiro atoms. The summed E-state index contributed by atoms with van der Waals surface area (Å²) in [6, 6.07) is 0.369. The second-order valence-electron chi connectivity index (χ2n) is 6.87. The van der Waals surface area contributed by atoms with Crippen molar-refractivity contribution in [2.45, 2.75) is 77.4 Å². The van der Waals surface area contributed by atoms with Crippen LogP contribution in [0.3, 0.4) is 0 Å². The fourth-order valence-electron chi connectivity index (χ4n) is 3.68. The van der Waals surface area contributed by atoms with Gasteiger partial charge in [-0.25, -0.2) is 0 Å². The molecule has 0 aromatic heterocycles. The molecule has 2 aliphatic rings. The van der Waals surface area contributed by atoms with E-state index in [1.54, 1.807) is 0 Å². The molecule has 1 aliphatic heterocycles. The Hall–Kier alpha value is -0.0800. The summed E-state index contributed by atoms with van der Waals surface area (Å²) < 4.78 is 0. The number of hydrogen-bond donors (Lipinski definition) is 2. The van der Waals surface area contributed by atoms with E-state index in [0.29, 0.717) is 11.5 Å². The second kappa shape index (κ2) is 4.89. The van der Waals surface area contributed by atoms with Crippen molar-refractivity contribution in [3.05, 3.63) is 0 Å². The van der Waals surface area contributed by atoms with Gasteiger partial charge < -0.3 is 10.4 Å². The summed E-state index contributed by atoms with van der Waals surface area (Å²) in [4.78, 5) is 0. The van der Waals surface area contributed by atoms with Gasteiger partial charge in [0.25, 0.3) is 0 Å². The Morgan fingerprint density at radius 2 is 1.88 bits per heavy atom. The highest BCUT2D eigenvalue weighted by molar-refractivity contribution is 4.99. The van der Waals surface area contributed by atoms with Gasteiger partial charge in [-0.1, -0.05) is 27.2 Å². The topological polar surface area (TPSA) is 32.3 Å². The molecule has 1 aliphatic carbocycles. The normalized spacial score (nSPS) is 39.5. The molecule has 0 aromatic rings. The van der Waals surface area contributed by atoms with Gasteiger partial charge in [0.1, 0.15) is 0 Å². The van der Waals surface area contributed by atoms with E-state index in [2.05, 4.69) is 26.1 Å². The molecule has 1 heterocycles. The summed E-state index contributed by atoms with van der Waals surface area (Å²) in [7, 11) is 0. The minimum Gasteiger partial charge on any atom is -0.388 e. The number of rotatable bonds is 3. The summed E-state index contributed by atoms with van der Waals surface area (Å²) in [6.07, 6.45) is 8.05. The molecular weight excluding hydrogens is 210 g/mol. The molecule has 1 saturated carbocycles. The van der Waals surface area contributed by atoms with E-state index in [9.17, 15) is 5.11 Å². The largest absolute Gasteiger partial charge is 0.388 e. The van der Waals surface area contributed by atoms with Crippen molar-refractivity contribution in [3.8, 4) is 0 Å². The molecule has 1 saturated heterocycles. The first kappa shape index (κ1) is 13.4. The Labute approximate surface area is 106 Å². The number of hydrogen-bond acceptors (Lipinski definition) is 2.